The number of aryl methyl sites for hydroxylation is 1. The van der Waals surface area contributed by atoms with Gasteiger partial charge in [-0.3, -0.25) is 19.8 Å². The third kappa shape index (κ3) is 5.19. The number of amides is 1. The summed E-state index contributed by atoms with van der Waals surface area (Å²) >= 11 is 1.71. The lowest BCUT2D eigenvalue weighted by atomic mass is 9.98. The maximum atomic E-state index is 12.9. The molecule has 1 aromatic carbocycles. The SMILES string of the molecule is Cc1cc(C(=O)N2CCCN(Cc3csc(C(C)(C)C)n3)CC2)ccc1[N+](=O)[O-]. The number of nitro benzene ring substituents is 1. The first kappa shape index (κ1) is 21.4. The highest BCUT2D eigenvalue weighted by Crippen LogP contribution is 2.26. The van der Waals surface area contributed by atoms with Crippen molar-refractivity contribution in [2.45, 2.75) is 46.1 Å². The Morgan fingerprint density at radius 3 is 2.62 bits per heavy atom. The van der Waals surface area contributed by atoms with Crippen LogP contribution in [-0.4, -0.2) is 51.8 Å². The van der Waals surface area contributed by atoms with E-state index in [2.05, 4.69) is 31.1 Å². The molecule has 1 aliphatic heterocycles. The molecule has 1 fully saturated rings. The Bertz CT molecular complexity index is 904. The highest BCUT2D eigenvalue weighted by atomic mass is 32.1. The van der Waals surface area contributed by atoms with Gasteiger partial charge in [-0.05, 0) is 25.5 Å². The molecule has 156 valence electrons. The summed E-state index contributed by atoms with van der Waals surface area (Å²) in [5.41, 5.74) is 2.21. The zero-order chi connectivity index (χ0) is 21.2. The normalized spacial score (nSPS) is 15.9. The van der Waals surface area contributed by atoms with Crippen LogP contribution in [0.4, 0.5) is 5.69 Å². The smallest absolute Gasteiger partial charge is 0.272 e. The van der Waals surface area contributed by atoms with Crippen LogP contribution in [0.5, 0.6) is 0 Å². The second-order valence-corrected chi connectivity index (χ2v) is 9.43. The van der Waals surface area contributed by atoms with Crippen molar-refractivity contribution < 1.29 is 9.72 Å². The van der Waals surface area contributed by atoms with Gasteiger partial charge in [0.25, 0.3) is 11.6 Å². The Kier molecular flexibility index (Phi) is 6.33. The average Bonchev–Trinajstić information content (AvgIpc) is 3.00. The molecule has 1 aromatic heterocycles. The molecule has 7 nitrogen and oxygen atoms in total. The fourth-order valence-corrected chi connectivity index (χ4v) is 4.36. The Hall–Kier alpha value is -2.32. The lowest BCUT2D eigenvalue weighted by molar-refractivity contribution is -0.385. The molecule has 0 spiro atoms. The minimum atomic E-state index is -0.420. The molecule has 0 saturated carbocycles. The summed E-state index contributed by atoms with van der Waals surface area (Å²) in [6.07, 6.45) is 0.897. The largest absolute Gasteiger partial charge is 0.337 e. The van der Waals surface area contributed by atoms with Crippen molar-refractivity contribution in [2.24, 2.45) is 0 Å². The number of rotatable bonds is 4. The van der Waals surface area contributed by atoms with E-state index in [-0.39, 0.29) is 17.0 Å². The van der Waals surface area contributed by atoms with E-state index in [0.29, 0.717) is 24.2 Å². The molecular formula is C21H28N4O3S. The van der Waals surface area contributed by atoms with Gasteiger partial charge in [0.1, 0.15) is 0 Å². The first-order chi connectivity index (χ1) is 13.6. The van der Waals surface area contributed by atoms with Crippen LogP contribution in [0.1, 0.15) is 53.8 Å². The number of benzene rings is 1. The Morgan fingerprint density at radius 2 is 2.00 bits per heavy atom. The fraction of sp³-hybridized carbons (Fsp3) is 0.524. The molecule has 3 rings (SSSR count). The van der Waals surface area contributed by atoms with Crippen molar-refractivity contribution in [1.82, 2.24) is 14.8 Å². The summed E-state index contributed by atoms with van der Waals surface area (Å²) in [4.78, 5) is 32.4. The summed E-state index contributed by atoms with van der Waals surface area (Å²) in [7, 11) is 0. The van der Waals surface area contributed by atoms with Gasteiger partial charge in [-0.15, -0.1) is 11.3 Å². The number of hydrogen-bond donors (Lipinski definition) is 0. The summed E-state index contributed by atoms with van der Waals surface area (Å²) in [5, 5.41) is 14.3. The quantitative estimate of drug-likeness (QED) is 0.556. The Balaban J connectivity index is 1.62. The van der Waals surface area contributed by atoms with Crippen LogP contribution >= 0.6 is 11.3 Å². The van der Waals surface area contributed by atoms with Crippen LogP contribution in [0, 0.1) is 17.0 Å². The molecule has 8 heteroatoms. The number of carbonyl (C=O) groups is 1. The van der Waals surface area contributed by atoms with E-state index in [4.69, 9.17) is 4.98 Å². The zero-order valence-corrected chi connectivity index (χ0v) is 18.3. The first-order valence-corrected chi connectivity index (χ1v) is 10.7. The molecule has 2 heterocycles. The molecule has 0 atom stereocenters. The van der Waals surface area contributed by atoms with Crippen LogP contribution < -0.4 is 0 Å². The number of carbonyl (C=O) groups excluding carboxylic acids is 1. The second kappa shape index (κ2) is 8.59. The molecule has 1 amide bonds. The monoisotopic (exact) mass is 416 g/mol. The minimum Gasteiger partial charge on any atom is -0.337 e. The van der Waals surface area contributed by atoms with Gasteiger partial charge in [0.05, 0.1) is 15.6 Å². The van der Waals surface area contributed by atoms with Gasteiger partial charge in [0.15, 0.2) is 0 Å². The van der Waals surface area contributed by atoms with Crippen LogP contribution in [0.15, 0.2) is 23.6 Å². The highest BCUT2D eigenvalue weighted by molar-refractivity contribution is 7.09. The van der Waals surface area contributed by atoms with E-state index in [0.717, 1.165) is 36.8 Å². The lowest BCUT2D eigenvalue weighted by Crippen LogP contribution is -2.35. The number of aromatic nitrogens is 1. The molecule has 0 bridgehead atoms. The maximum Gasteiger partial charge on any atom is 0.272 e. The van der Waals surface area contributed by atoms with E-state index in [1.165, 1.54) is 6.07 Å². The van der Waals surface area contributed by atoms with Gasteiger partial charge in [-0.2, -0.15) is 0 Å². The summed E-state index contributed by atoms with van der Waals surface area (Å²) < 4.78 is 0. The number of nitro groups is 1. The van der Waals surface area contributed by atoms with Crippen LogP contribution in [0.2, 0.25) is 0 Å². The minimum absolute atomic E-state index is 0.0430. The molecule has 0 N–H and O–H groups in total. The van der Waals surface area contributed by atoms with E-state index >= 15 is 0 Å². The molecule has 0 aliphatic carbocycles. The predicted molar refractivity (Wildman–Crippen MR) is 114 cm³/mol. The molecule has 0 radical (unpaired) electrons. The summed E-state index contributed by atoms with van der Waals surface area (Å²) in [6, 6.07) is 4.59. The van der Waals surface area contributed by atoms with Crippen LogP contribution in [-0.2, 0) is 12.0 Å². The zero-order valence-electron chi connectivity index (χ0n) is 17.5. The lowest BCUT2D eigenvalue weighted by Gasteiger charge is -2.22. The topological polar surface area (TPSA) is 79.6 Å². The number of hydrogen-bond acceptors (Lipinski definition) is 6. The second-order valence-electron chi connectivity index (χ2n) is 8.57. The molecule has 1 saturated heterocycles. The third-order valence-electron chi connectivity index (χ3n) is 5.10. The van der Waals surface area contributed by atoms with E-state index in [1.54, 1.807) is 30.4 Å². The molecular weight excluding hydrogens is 388 g/mol. The molecule has 2 aromatic rings. The van der Waals surface area contributed by atoms with E-state index in [1.807, 2.05) is 4.90 Å². The Labute approximate surface area is 175 Å². The first-order valence-electron chi connectivity index (χ1n) is 9.86. The van der Waals surface area contributed by atoms with Crippen molar-refractivity contribution in [3.05, 3.63) is 55.5 Å². The van der Waals surface area contributed by atoms with Gasteiger partial charge in [-0.1, -0.05) is 20.8 Å². The fourth-order valence-electron chi connectivity index (χ4n) is 3.46. The Morgan fingerprint density at radius 1 is 1.24 bits per heavy atom. The summed E-state index contributed by atoms with van der Waals surface area (Å²) in [6.45, 7) is 12.0. The maximum absolute atomic E-state index is 12.9. The molecule has 0 unspecified atom stereocenters. The van der Waals surface area contributed by atoms with Crippen molar-refractivity contribution in [2.75, 3.05) is 26.2 Å². The van der Waals surface area contributed by atoms with Crippen LogP contribution in [0.3, 0.4) is 0 Å². The van der Waals surface area contributed by atoms with Gasteiger partial charge in [0, 0.05) is 60.7 Å². The molecule has 29 heavy (non-hydrogen) atoms. The van der Waals surface area contributed by atoms with Crippen molar-refractivity contribution >= 4 is 22.9 Å². The number of nitrogens with zero attached hydrogens (tertiary/aromatic N) is 4. The van der Waals surface area contributed by atoms with E-state index < -0.39 is 4.92 Å². The van der Waals surface area contributed by atoms with Crippen molar-refractivity contribution in [3.63, 3.8) is 0 Å². The van der Waals surface area contributed by atoms with Gasteiger partial charge < -0.3 is 4.90 Å². The predicted octanol–water partition coefficient (Wildman–Crippen LogP) is 4.01. The third-order valence-corrected chi connectivity index (χ3v) is 6.41. The number of thiazole rings is 1. The van der Waals surface area contributed by atoms with Crippen LogP contribution in [0.25, 0.3) is 0 Å². The van der Waals surface area contributed by atoms with Gasteiger partial charge in [-0.25, -0.2) is 4.98 Å². The molecule has 1 aliphatic rings. The summed E-state index contributed by atoms with van der Waals surface area (Å²) in [5.74, 6) is -0.0616. The average molecular weight is 417 g/mol. The standard InChI is InChI=1S/C21H28N4O3S/c1-15-12-16(6-7-18(15)25(27)28)19(26)24-9-5-8-23(10-11-24)13-17-14-29-20(22-17)21(2,3)4/h6-7,12,14H,5,8-11,13H2,1-4H3. The van der Waals surface area contributed by atoms with Crippen molar-refractivity contribution in [3.8, 4) is 0 Å². The van der Waals surface area contributed by atoms with Gasteiger partial charge in [0.2, 0.25) is 0 Å². The van der Waals surface area contributed by atoms with E-state index in [9.17, 15) is 14.9 Å². The van der Waals surface area contributed by atoms with Crippen molar-refractivity contribution in [1.29, 1.82) is 0 Å². The van der Waals surface area contributed by atoms with Gasteiger partial charge >= 0.3 is 0 Å². The highest BCUT2D eigenvalue weighted by Gasteiger charge is 2.23.